The van der Waals surface area contributed by atoms with Crippen molar-refractivity contribution in [3.8, 4) is 0 Å². The van der Waals surface area contributed by atoms with Crippen molar-refractivity contribution in [1.82, 2.24) is 14.9 Å². The third-order valence-corrected chi connectivity index (χ3v) is 4.44. The molecule has 3 rings (SSSR count). The van der Waals surface area contributed by atoms with Gasteiger partial charge >= 0.3 is 0 Å². The SMILES string of the molecule is COCC(=O)NCc1nc2ccccc2n1Cc1ccc(C(C)C)cc1. The van der Waals surface area contributed by atoms with Crippen LogP contribution in [0, 0.1) is 0 Å². The summed E-state index contributed by atoms with van der Waals surface area (Å²) in [4.78, 5) is 16.4. The first-order chi connectivity index (χ1) is 12.6. The fourth-order valence-corrected chi connectivity index (χ4v) is 2.99. The zero-order valence-electron chi connectivity index (χ0n) is 15.5. The number of carbonyl (C=O) groups excluding carboxylic acids is 1. The molecule has 0 aliphatic carbocycles. The predicted molar refractivity (Wildman–Crippen MR) is 103 cm³/mol. The first-order valence-electron chi connectivity index (χ1n) is 8.87. The number of nitrogens with zero attached hydrogens (tertiary/aromatic N) is 2. The Morgan fingerprint density at radius 3 is 2.58 bits per heavy atom. The largest absolute Gasteiger partial charge is 0.375 e. The summed E-state index contributed by atoms with van der Waals surface area (Å²) in [5.41, 5.74) is 4.54. The molecule has 3 aromatic rings. The molecule has 136 valence electrons. The Balaban J connectivity index is 1.87. The molecular formula is C21H25N3O2. The van der Waals surface area contributed by atoms with Crippen LogP contribution in [0.4, 0.5) is 0 Å². The maximum Gasteiger partial charge on any atom is 0.246 e. The first kappa shape index (κ1) is 18.1. The Morgan fingerprint density at radius 1 is 1.15 bits per heavy atom. The molecule has 0 radical (unpaired) electrons. The van der Waals surface area contributed by atoms with E-state index in [0.717, 1.165) is 16.9 Å². The van der Waals surface area contributed by atoms with Crippen molar-refractivity contribution in [3.63, 3.8) is 0 Å². The number of para-hydroxylation sites is 2. The second-order valence-electron chi connectivity index (χ2n) is 6.71. The Labute approximate surface area is 154 Å². The number of fused-ring (bicyclic) bond motifs is 1. The molecule has 1 aromatic heterocycles. The van der Waals surface area contributed by atoms with E-state index in [9.17, 15) is 4.79 Å². The summed E-state index contributed by atoms with van der Waals surface area (Å²) >= 11 is 0. The molecule has 1 amide bonds. The molecule has 5 nitrogen and oxygen atoms in total. The van der Waals surface area contributed by atoms with E-state index in [1.807, 2.05) is 18.2 Å². The highest BCUT2D eigenvalue weighted by Gasteiger charge is 2.12. The summed E-state index contributed by atoms with van der Waals surface area (Å²) in [5, 5.41) is 2.86. The predicted octanol–water partition coefficient (Wildman–Crippen LogP) is 3.47. The summed E-state index contributed by atoms with van der Waals surface area (Å²) < 4.78 is 7.03. The van der Waals surface area contributed by atoms with Gasteiger partial charge in [0.25, 0.3) is 0 Å². The minimum absolute atomic E-state index is 0.0525. The van der Waals surface area contributed by atoms with Gasteiger partial charge in [0.05, 0.1) is 17.6 Å². The lowest BCUT2D eigenvalue weighted by Gasteiger charge is -2.12. The standard InChI is InChI=1S/C21H25N3O2/c1-15(2)17-10-8-16(9-11-17)13-24-19-7-5-4-6-18(19)23-20(24)12-22-21(25)14-26-3/h4-11,15H,12-14H2,1-3H3,(H,22,25). The summed E-state index contributed by atoms with van der Waals surface area (Å²) in [6.45, 7) is 5.53. The highest BCUT2D eigenvalue weighted by atomic mass is 16.5. The van der Waals surface area contributed by atoms with E-state index < -0.39 is 0 Å². The molecule has 0 atom stereocenters. The number of hydrogen-bond donors (Lipinski definition) is 1. The van der Waals surface area contributed by atoms with Crippen molar-refractivity contribution >= 4 is 16.9 Å². The van der Waals surface area contributed by atoms with Crippen molar-refractivity contribution in [2.75, 3.05) is 13.7 Å². The molecule has 0 unspecified atom stereocenters. The van der Waals surface area contributed by atoms with Crippen molar-refractivity contribution in [2.45, 2.75) is 32.9 Å². The zero-order valence-corrected chi connectivity index (χ0v) is 15.5. The van der Waals surface area contributed by atoms with Gasteiger partial charge in [-0.15, -0.1) is 0 Å². The lowest BCUT2D eigenvalue weighted by molar-refractivity contribution is -0.124. The minimum atomic E-state index is -0.146. The summed E-state index contributed by atoms with van der Waals surface area (Å²) in [6, 6.07) is 16.7. The van der Waals surface area contributed by atoms with E-state index in [1.54, 1.807) is 0 Å². The second kappa shape index (κ2) is 8.15. The van der Waals surface area contributed by atoms with Crippen LogP contribution in [-0.2, 0) is 22.6 Å². The average Bonchev–Trinajstić information content (AvgIpc) is 2.98. The molecule has 0 bridgehead atoms. The van der Waals surface area contributed by atoms with E-state index in [0.29, 0.717) is 19.0 Å². The van der Waals surface area contributed by atoms with Crippen LogP contribution in [0.2, 0.25) is 0 Å². The number of amides is 1. The monoisotopic (exact) mass is 351 g/mol. The molecule has 1 N–H and O–H groups in total. The normalized spacial score (nSPS) is 11.2. The van der Waals surface area contributed by atoms with E-state index in [-0.39, 0.29) is 12.5 Å². The summed E-state index contributed by atoms with van der Waals surface area (Å²) in [5.74, 6) is 1.21. The van der Waals surface area contributed by atoms with Crippen LogP contribution in [-0.4, -0.2) is 29.2 Å². The highest BCUT2D eigenvalue weighted by Crippen LogP contribution is 2.20. The lowest BCUT2D eigenvalue weighted by atomic mass is 10.0. The molecule has 0 spiro atoms. The molecule has 0 aliphatic heterocycles. The molecular weight excluding hydrogens is 326 g/mol. The van der Waals surface area contributed by atoms with Crippen LogP contribution in [0.1, 0.15) is 36.7 Å². The van der Waals surface area contributed by atoms with E-state index >= 15 is 0 Å². The smallest absolute Gasteiger partial charge is 0.246 e. The fraction of sp³-hybridized carbons (Fsp3) is 0.333. The van der Waals surface area contributed by atoms with Crippen LogP contribution < -0.4 is 5.32 Å². The molecule has 0 saturated carbocycles. The number of methoxy groups -OCH3 is 1. The number of rotatable bonds is 7. The lowest BCUT2D eigenvalue weighted by Crippen LogP contribution is -2.28. The van der Waals surface area contributed by atoms with Gasteiger partial charge in [-0.2, -0.15) is 0 Å². The Kier molecular flexibility index (Phi) is 5.68. The number of imidazole rings is 1. The maximum absolute atomic E-state index is 11.7. The topological polar surface area (TPSA) is 56.1 Å². The maximum atomic E-state index is 11.7. The molecule has 2 aromatic carbocycles. The number of hydrogen-bond acceptors (Lipinski definition) is 3. The van der Waals surface area contributed by atoms with Crippen molar-refractivity contribution < 1.29 is 9.53 Å². The number of benzene rings is 2. The second-order valence-corrected chi connectivity index (χ2v) is 6.71. The van der Waals surface area contributed by atoms with Gasteiger partial charge in [0.2, 0.25) is 5.91 Å². The van der Waals surface area contributed by atoms with Gasteiger partial charge in [-0.25, -0.2) is 4.98 Å². The van der Waals surface area contributed by atoms with E-state index in [4.69, 9.17) is 9.72 Å². The van der Waals surface area contributed by atoms with Gasteiger partial charge < -0.3 is 14.6 Å². The molecule has 0 fully saturated rings. The van der Waals surface area contributed by atoms with Crippen LogP contribution >= 0.6 is 0 Å². The van der Waals surface area contributed by atoms with Crippen LogP contribution in [0.5, 0.6) is 0 Å². The van der Waals surface area contributed by atoms with E-state index in [1.165, 1.54) is 18.2 Å². The third kappa shape index (κ3) is 4.11. The third-order valence-electron chi connectivity index (χ3n) is 4.44. The van der Waals surface area contributed by atoms with Gasteiger partial charge in [0.15, 0.2) is 0 Å². The van der Waals surface area contributed by atoms with Gasteiger partial charge in [-0.05, 0) is 29.2 Å². The summed E-state index contributed by atoms with van der Waals surface area (Å²) in [6.07, 6.45) is 0. The fourth-order valence-electron chi connectivity index (χ4n) is 2.99. The molecule has 1 heterocycles. The Morgan fingerprint density at radius 2 is 1.88 bits per heavy atom. The number of nitrogens with one attached hydrogen (secondary N) is 1. The Hall–Kier alpha value is -2.66. The van der Waals surface area contributed by atoms with Gasteiger partial charge in [0, 0.05) is 13.7 Å². The number of ether oxygens (including phenoxy) is 1. The summed E-state index contributed by atoms with van der Waals surface area (Å²) in [7, 11) is 1.51. The van der Waals surface area contributed by atoms with Crippen LogP contribution in [0.15, 0.2) is 48.5 Å². The number of carbonyl (C=O) groups is 1. The van der Waals surface area contributed by atoms with Crippen molar-refractivity contribution in [3.05, 3.63) is 65.5 Å². The van der Waals surface area contributed by atoms with Crippen molar-refractivity contribution in [1.29, 1.82) is 0 Å². The zero-order chi connectivity index (χ0) is 18.5. The van der Waals surface area contributed by atoms with Crippen LogP contribution in [0.3, 0.4) is 0 Å². The average molecular weight is 351 g/mol. The highest BCUT2D eigenvalue weighted by molar-refractivity contribution is 5.78. The van der Waals surface area contributed by atoms with Gasteiger partial charge in [-0.3, -0.25) is 4.79 Å². The molecule has 0 aliphatic rings. The first-order valence-corrected chi connectivity index (χ1v) is 8.87. The molecule has 26 heavy (non-hydrogen) atoms. The van der Waals surface area contributed by atoms with Crippen LogP contribution in [0.25, 0.3) is 11.0 Å². The minimum Gasteiger partial charge on any atom is -0.375 e. The quantitative estimate of drug-likeness (QED) is 0.709. The number of aromatic nitrogens is 2. The van der Waals surface area contributed by atoms with Crippen molar-refractivity contribution in [2.24, 2.45) is 0 Å². The van der Waals surface area contributed by atoms with Gasteiger partial charge in [-0.1, -0.05) is 50.2 Å². The Bertz CT molecular complexity index is 882. The molecule has 5 heteroatoms. The molecule has 0 saturated heterocycles. The van der Waals surface area contributed by atoms with E-state index in [2.05, 4.69) is 54.1 Å². The van der Waals surface area contributed by atoms with Gasteiger partial charge in [0.1, 0.15) is 12.4 Å².